The van der Waals surface area contributed by atoms with E-state index in [1.165, 1.54) is 0 Å². The minimum atomic E-state index is 0.0465. The van der Waals surface area contributed by atoms with Gasteiger partial charge in [-0.25, -0.2) is 0 Å². The lowest BCUT2D eigenvalue weighted by atomic mass is 9.77. The third kappa shape index (κ3) is 2.11. The standard InChI is InChI=1S/C13H21N3O2/c1-15-6-11(16(9-17)10-2-3-10)4-13(8-15)5-12(18)14-7-13/h9-11H,2-8H2,1H3,(H,14,18). The van der Waals surface area contributed by atoms with Crippen LogP contribution in [0.4, 0.5) is 0 Å². The van der Waals surface area contributed by atoms with E-state index in [-0.39, 0.29) is 17.4 Å². The SMILES string of the molecule is CN1CC(N(C=O)C2CC2)CC2(CNC(=O)C2)C1. The number of piperidine rings is 1. The van der Waals surface area contributed by atoms with Crippen LogP contribution in [0.2, 0.25) is 0 Å². The van der Waals surface area contributed by atoms with Crippen molar-refractivity contribution in [2.45, 2.75) is 37.8 Å². The first-order valence-electron chi connectivity index (χ1n) is 6.80. The molecule has 2 amide bonds. The van der Waals surface area contributed by atoms with Crippen LogP contribution in [0.15, 0.2) is 0 Å². The van der Waals surface area contributed by atoms with Gasteiger partial charge in [-0.3, -0.25) is 9.59 Å². The summed E-state index contributed by atoms with van der Waals surface area (Å²) in [6.07, 6.45) is 4.88. The third-order valence-corrected chi connectivity index (χ3v) is 4.50. The minimum absolute atomic E-state index is 0.0465. The normalized spacial score (nSPS) is 36.7. The van der Waals surface area contributed by atoms with Crippen LogP contribution < -0.4 is 5.32 Å². The molecule has 0 aromatic heterocycles. The zero-order valence-electron chi connectivity index (χ0n) is 10.9. The van der Waals surface area contributed by atoms with Crippen LogP contribution in [0.1, 0.15) is 25.7 Å². The van der Waals surface area contributed by atoms with Gasteiger partial charge < -0.3 is 15.1 Å². The lowest BCUT2D eigenvalue weighted by molar-refractivity contribution is -0.123. The molecule has 18 heavy (non-hydrogen) atoms. The zero-order chi connectivity index (χ0) is 12.8. The molecule has 2 unspecified atom stereocenters. The number of carbonyl (C=O) groups is 2. The first-order valence-corrected chi connectivity index (χ1v) is 6.80. The van der Waals surface area contributed by atoms with Gasteiger partial charge in [-0.1, -0.05) is 0 Å². The topological polar surface area (TPSA) is 52.6 Å². The van der Waals surface area contributed by atoms with E-state index in [0.717, 1.165) is 45.3 Å². The molecule has 5 heteroatoms. The van der Waals surface area contributed by atoms with Gasteiger partial charge in [-0.2, -0.15) is 0 Å². The number of likely N-dealkylation sites (tertiary alicyclic amines) is 1. The molecule has 1 saturated carbocycles. The average Bonchev–Trinajstić information content (AvgIpc) is 3.06. The first-order chi connectivity index (χ1) is 8.62. The Morgan fingerprint density at radius 2 is 2.22 bits per heavy atom. The molecular formula is C13H21N3O2. The fourth-order valence-electron chi connectivity index (χ4n) is 3.68. The summed E-state index contributed by atoms with van der Waals surface area (Å²) in [5.41, 5.74) is 0.0465. The van der Waals surface area contributed by atoms with E-state index in [1.54, 1.807) is 0 Å². The summed E-state index contributed by atoms with van der Waals surface area (Å²) in [5.74, 6) is 0.160. The highest BCUT2D eigenvalue weighted by Crippen LogP contribution is 2.39. The van der Waals surface area contributed by atoms with Crippen molar-refractivity contribution in [1.82, 2.24) is 15.1 Å². The van der Waals surface area contributed by atoms with Gasteiger partial charge in [0, 0.05) is 43.6 Å². The third-order valence-electron chi connectivity index (χ3n) is 4.50. The molecule has 0 bridgehead atoms. The van der Waals surface area contributed by atoms with E-state index in [1.807, 2.05) is 4.90 Å². The molecule has 2 heterocycles. The van der Waals surface area contributed by atoms with Gasteiger partial charge in [-0.05, 0) is 26.3 Å². The van der Waals surface area contributed by atoms with E-state index in [2.05, 4.69) is 17.3 Å². The molecule has 2 atom stereocenters. The van der Waals surface area contributed by atoms with Crippen molar-refractivity contribution in [2.75, 3.05) is 26.7 Å². The smallest absolute Gasteiger partial charge is 0.220 e. The lowest BCUT2D eigenvalue weighted by Crippen LogP contribution is -2.55. The summed E-state index contributed by atoms with van der Waals surface area (Å²) in [7, 11) is 2.09. The quantitative estimate of drug-likeness (QED) is 0.708. The Bertz CT molecular complexity index is 369. The molecule has 0 aromatic carbocycles. The molecule has 1 N–H and O–H groups in total. The summed E-state index contributed by atoms with van der Waals surface area (Å²) < 4.78 is 0. The minimum Gasteiger partial charge on any atom is -0.355 e. The van der Waals surface area contributed by atoms with Crippen LogP contribution >= 0.6 is 0 Å². The van der Waals surface area contributed by atoms with Crippen molar-refractivity contribution in [3.8, 4) is 0 Å². The van der Waals surface area contributed by atoms with Gasteiger partial charge in [0.25, 0.3) is 0 Å². The van der Waals surface area contributed by atoms with Crippen LogP contribution in [0.3, 0.4) is 0 Å². The molecule has 2 saturated heterocycles. The maximum Gasteiger partial charge on any atom is 0.220 e. The van der Waals surface area contributed by atoms with Crippen molar-refractivity contribution >= 4 is 12.3 Å². The highest BCUT2D eigenvalue weighted by atomic mass is 16.2. The van der Waals surface area contributed by atoms with Crippen molar-refractivity contribution in [2.24, 2.45) is 5.41 Å². The van der Waals surface area contributed by atoms with Gasteiger partial charge in [0.15, 0.2) is 0 Å². The molecule has 3 rings (SSSR count). The number of nitrogens with one attached hydrogen (secondary N) is 1. The maximum atomic E-state index is 11.5. The number of hydrogen-bond donors (Lipinski definition) is 1. The van der Waals surface area contributed by atoms with E-state index in [9.17, 15) is 9.59 Å². The Morgan fingerprint density at radius 3 is 2.78 bits per heavy atom. The van der Waals surface area contributed by atoms with Gasteiger partial charge in [0.2, 0.25) is 12.3 Å². The second-order valence-corrected chi connectivity index (χ2v) is 6.29. The van der Waals surface area contributed by atoms with E-state index < -0.39 is 0 Å². The number of rotatable bonds is 3. The largest absolute Gasteiger partial charge is 0.355 e. The second-order valence-electron chi connectivity index (χ2n) is 6.29. The predicted molar refractivity (Wildman–Crippen MR) is 66.9 cm³/mol. The van der Waals surface area contributed by atoms with Crippen LogP contribution in [0.5, 0.6) is 0 Å². The number of carbonyl (C=O) groups excluding carboxylic acids is 2. The summed E-state index contributed by atoms with van der Waals surface area (Å²) in [4.78, 5) is 27.1. The first kappa shape index (κ1) is 12.0. The van der Waals surface area contributed by atoms with Gasteiger partial charge in [-0.15, -0.1) is 0 Å². The zero-order valence-corrected chi connectivity index (χ0v) is 10.9. The molecule has 5 nitrogen and oxygen atoms in total. The fraction of sp³-hybridized carbons (Fsp3) is 0.846. The predicted octanol–water partition coefficient (Wildman–Crippen LogP) is -0.182. The molecule has 3 fully saturated rings. The van der Waals surface area contributed by atoms with Gasteiger partial charge in [0.05, 0.1) is 0 Å². The van der Waals surface area contributed by atoms with Crippen LogP contribution in [-0.2, 0) is 9.59 Å². The Balaban J connectivity index is 1.75. The summed E-state index contributed by atoms with van der Waals surface area (Å²) >= 11 is 0. The molecule has 0 aromatic rings. The maximum absolute atomic E-state index is 11.5. The Kier molecular flexibility index (Phi) is 2.81. The number of amides is 2. The Hall–Kier alpha value is -1.10. The molecule has 1 aliphatic carbocycles. The van der Waals surface area contributed by atoms with Crippen LogP contribution in [0, 0.1) is 5.41 Å². The average molecular weight is 251 g/mol. The van der Waals surface area contributed by atoms with E-state index in [4.69, 9.17) is 0 Å². The summed E-state index contributed by atoms with van der Waals surface area (Å²) in [6, 6.07) is 0.738. The van der Waals surface area contributed by atoms with E-state index >= 15 is 0 Å². The summed E-state index contributed by atoms with van der Waals surface area (Å²) in [6.45, 7) is 2.66. The molecule has 1 spiro atoms. The monoisotopic (exact) mass is 251 g/mol. The Morgan fingerprint density at radius 1 is 1.44 bits per heavy atom. The highest BCUT2D eigenvalue weighted by Gasteiger charge is 2.47. The summed E-state index contributed by atoms with van der Waals surface area (Å²) in [5, 5.41) is 2.95. The van der Waals surface area contributed by atoms with Crippen molar-refractivity contribution in [3.63, 3.8) is 0 Å². The molecular weight excluding hydrogens is 230 g/mol. The van der Waals surface area contributed by atoms with Gasteiger partial charge >= 0.3 is 0 Å². The van der Waals surface area contributed by atoms with Crippen LogP contribution in [-0.4, -0.2) is 60.9 Å². The highest BCUT2D eigenvalue weighted by molar-refractivity contribution is 5.79. The lowest BCUT2D eigenvalue weighted by Gasteiger charge is -2.45. The fourth-order valence-corrected chi connectivity index (χ4v) is 3.68. The van der Waals surface area contributed by atoms with Gasteiger partial charge in [0.1, 0.15) is 0 Å². The van der Waals surface area contributed by atoms with Crippen molar-refractivity contribution in [3.05, 3.63) is 0 Å². The molecule has 0 radical (unpaired) electrons. The molecule has 2 aliphatic heterocycles. The number of hydrogen-bond acceptors (Lipinski definition) is 3. The second kappa shape index (κ2) is 4.23. The molecule has 3 aliphatic rings. The van der Waals surface area contributed by atoms with Crippen molar-refractivity contribution < 1.29 is 9.59 Å². The number of nitrogens with zero attached hydrogens (tertiary/aromatic N) is 2. The molecule has 100 valence electrons. The van der Waals surface area contributed by atoms with E-state index in [0.29, 0.717) is 12.5 Å². The van der Waals surface area contributed by atoms with Crippen molar-refractivity contribution in [1.29, 1.82) is 0 Å². The van der Waals surface area contributed by atoms with Crippen LogP contribution in [0.25, 0.3) is 0 Å². The Labute approximate surface area is 107 Å². The number of likely N-dealkylation sites (N-methyl/N-ethyl adjacent to an activating group) is 1.